The Morgan fingerprint density at radius 2 is 1.70 bits per heavy atom. The highest BCUT2D eigenvalue weighted by molar-refractivity contribution is 5.96. The number of carbonyl (C=O) groups is 4. The molecule has 0 unspecified atom stereocenters. The Hall–Kier alpha value is -4.52. The fraction of sp³-hybridized carbons (Fsp3) is 0.524. The fourth-order valence-electron chi connectivity index (χ4n) is 6.93. The van der Waals surface area contributed by atoms with E-state index in [0.717, 1.165) is 11.1 Å². The van der Waals surface area contributed by atoms with Gasteiger partial charge in [-0.2, -0.15) is 0 Å². The van der Waals surface area contributed by atoms with Crippen LogP contribution in [0.1, 0.15) is 78.5 Å². The Bertz CT molecular complexity index is 1690. The van der Waals surface area contributed by atoms with E-state index in [-0.39, 0.29) is 30.3 Å². The number of hydrogen-bond acceptors (Lipinski definition) is 9. The van der Waals surface area contributed by atoms with Crippen molar-refractivity contribution < 1.29 is 38.5 Å². The zero-order valence-corrected chi connectivity index (χ0v) is 33.0. The molecule has 54 heavy (non-hydrogen) atoms. The van der Waals surface area contributed by atoms with Crippen LogP contribution >= 0.6 is 0 Å². The van der Waals surface area contributed by atoms with Crippen LogP contribution < -0.4 is 16.4 Å². The summed E-state index contributed by atoms with van der Waals surface area (Å²) in [5.74, 6) is -3.13. The van der Waals surface area contributed by atoms with Crippen molar-refractivity contribution in [1.82, 2.24) is 15.5 Å². The van der Waals surface area contributed by atoms with Gasteiger partial charge in [0.1, 0.15) is 18.2 Å². The lowest BCUT2D eigenvalue weighted by atomic mass is 9.93. The van der Waals surface area contributed by atoms with Crippen LogP contribution in [0.5, 0.6) is 0 Å². The number of amides is 3. The number of anilines is 1. The second-order valence-electron chi connectivity index (χ2n) is 15.4. The normalized spacial score (nSPS) is 31.4. The van der Waals surface area contributed by atoms with Gasteiger partial charge in [0.05, 0.1) is 17.8 Å². The number of nitrogens with one attached hydrogen (secondary N) is 2. The predicted octanol–water partition coefficient (Wildman–Crippen LogP) is 4.42. The Morgan fingerprint density at radius 3 is 2.30 bits per heavy atom. The van der Waals surface area contributed by atoms with E-state index < -0.39 is 59.3 Å². The smallest absolute Gasteiger partial charge is 0.332 e. The average molecular weight is 747 g/mol. The number of fused-ring (bicyclic) bond motifs is 1. The molecule has 0 aromatic heterocycles. The van der Waals surface area contributed by atoms with Gasteiger partial charge in [0.15, 0.2) is 11.6 Å². The molecule has 0 saturated carbocycles. The van der Waals surface area contributed by atoms with Gasteiger partial charge in [-0.05, 0) is 62.4 Å². The number of nitrogen functional groups attached to an aromatic ring is 1. The first-order valence-corrected chi connectivity index (χ1v) is 18.7. The first-order valence-electron chi connectivity index (χ1n) is 18.7. The van der Waals surface area contributed by atoms with Crippen molar-refractivity contribution in [1.29, 1.82) is 0 Å². The summed E-state index contributed by atoms with van der Waals surface area (Å²) in [7, 11) is 3.18. The number of nitrogens with two attached hydrogens (primary N) is 1. The summed E-state index contributed by atoms with van der Waals surface area (Å²) in [5, 5.41) is 16.9. The third kappa shape index (κ3) is 10.2. The van der Waals surface area contributed by atoms with Gasteiger partial charge in [-0.25, -0.2) is 4.79 Å². The van der Waals surface area contributed by atoms with Crippen LogP contribution in [-0.2, 0) is 39.8 Å². The van der Waals surface area contributed by atoms with Crippen LogP contribution in [0, 0.1) is 11.8 Å². The third-order valence-electron chi connectivity index (χ3n) is 10.7. The summed E-state index contributed by atoms with van der Waals surface area (Å²) in [6.07, 6.45) is 5.09. The maximum absolute atomic E-state index is 14.3. The Labute approximate surface area is 319 Å². The molecule has 0 radical (unpaired) electrons. The van der Waals surface area contributed by atoms with Gasteiger partial charge in [0, 0.05) is 38.6 Å². The number of nitrogens with zero attached hydrogens (tertiary/aromatic N) is 1. The lowest BCUT2D eigenvalue weighted by Gasteiger charge is -2.35. The molecule has 12 nitrogen and oxygen atoms in total. The van der Waals surface area contributed by atoms with Crippen LogP contribution in [0.4, 0.5) is 5.69 Å². The molecule has 3 amide bonds. The number of cyclic esters (lactones) is 1. The molecule has 0 bridgehead atoms. The van der Waals surface area contributed by atoms with Crippen LogP contribution in [0.15, 0.2) is 78.4 Å². The highest BCUT2D eigenvalue weighted by Gasteiger charge is 2.61. The molecule has 2 heterocycles. The minimum Gasteiger partial charge on any atom is -0.455 e. The first-order chi connectivity index (χ1) is 25.4. The van der Waals surface area contributed by atoms with E-state index in [4.69, 9.17) is 19.9 Å². The van der Waals surface area contributed by atoms with Gasteiger partial charge in [0.25, 0.3) is 5.91 Å². The first kappa shape index (κ1) is 42.2. The zero-order chi connectivity index (χ0) is 40.0. The van der Waals surface area contributed by atoms with E-state index in [0.29, 0.717) is 24.1 Å². The number of hydrogen-bond donors (Lipinski definition) is 4. The number of aliphatic hydroxyl groups is 1. The van der Waals surface area contributed by atoms with Gasteiger partial charge >= 0.3 is 5.97 Å². The zero-order valence-electron chi connectivity index (χ0n) is 33.0. The number of rotatable bonds is 7. The van der Waals surface area contributed by atoms with E-state index >= 15 is 0 Å². The molecule has 294 valence electrons. The molecule has 12 heteroatoms. The summed E-state index contributed by atoms with van der Waals surface area (Å²) < 4.78 is 18.0. The van der Waals surface area contributed by atoms with Crippen LogP contribution in [0.25, 0.3) is 0 Å². The molecule has 2 aliphatic heterocycles. The standard InChI is InChI=1S/C42H58N4O8/c1-10-25(2)34-38(48)44-31(23-28-19-21-30(43)22-20-28)37(47)45-36(41(5,6)51)39(49)53-35(29-17-12-11-13-18-29)27(4)16-14-15-26(3)32(52-9)24-33-42(7,54-33)40(50)46(34)8/h11-22,25,27,31-36,51H,10,23-24,43H2,1-9H3,(H,44,48)(H,45,47)/b16-14-,26-15-/t25-,27+,31+,32+,33-,34-,35-,36+,42+/m0/s1. The molecule has 4 rings (SSSR count). The van der Waals surface area contributed by atoms with Crippen LogP contribution in [-0.4, -0.2) is 89.4 Å². The summed E-state index contributed by atoms with van der Waals surface area (Å²) in [4.78, 5) is 58.1. The highest BCUT2D eigenvalue weighted by Crippen LogP contribution is 2.42. The predicted molar refractivity (Wildman–Crippen MR) is 207 cm³/mol. The summed E-state index contributed by atoms with van der Waals surface area (Å²) >= 11 is 0. The van der Waals surface area contributed by atoms with E-state index in [1.165, 1.54) is 18.7 Å². The lowest BCUT2D eigenvalue weighted by molar-refractivity contribution is -0.162. The van der Waals surface area contributed by atoms with Crippen molar-refractivity contribution in [2.75, 3.05) is 19.9 Å². The largest absolute Gasteiger partial charge is 0.455 e. The second-order valence-corrected chi connectivity index (χ2v) is 15.4. The van der Waals surface area contributed by atoms with Gasteiger partial charge in [-0.1, -0.05) is 87.9 Å². The van der Waals surface area contributed by atoms with Gasteiger partial charge < -0.3 is 40.6 Å². The van der Waals surface area contributed by atoms with Crippen molar-refractivity contribution in [2.24, 2.45) is 11.8 Å². The minimum absolute atomic E-state index is 0.0263. The van der Waals surface area contributed by atoms with E-state index in [1.807, 2.05) is 76.3 Å². The van der Waals surface area contributed by atoms with Gasteiger partial charge in [0.2, 0.25) is 11.8 Å². The monoisotopic (exact) mass is 746 g/mol. The molecule has 9 atom stereocenters. The summed E-state index contributed by atoms with van der Waals surface area (Å²) in [5.41, 5.74) is 5.80. The number of benzene rings is 2. The number of likely N-dealkylation sites (N-methyl/N-ethyl adjacent to an activating group) is 1. The third-order valence-corrected chi connectivity index (χ3v) is 10.7. The minimum atomic E-state index is -1.77. The van der Waals surface area contributed by atoms with Crippen molar-refractivity contribution in [2.45, 2.75) is 115 Å². The van der Waals surface area contributed by atoms with Crippen LogP contribution in [0.3, 0.4) is 0 Å². The average Bonchev–Trinajstić information content (AvgIpc) is 3.80. The number of carbonyl (C=O) groups excluding carboxylic acids is 4. The van der Waals surface area contributed by atoms with Gasteiger partial charge in [-0.15, -0.1) is 0 Å². The van der Waals surface area contributed by atoms with Crippen LogP contribution in [0.2, 0.25) is 0 Å². The number of allylic oxidation sites excluding steroid dienone is 2. The van der Waals surface area contributed by atoms with Crippen molar-refractivity contribution in [3.05, 3.63) is 89.5 Å². The molecule has 2 aromatic rings. The van der Waals surface area contributed by atoms with Gasteiger partial charge in [-0.3, -0.25) is 14.4 Å². The molecule has 0 spiro atoms. The van der Waals surface area contributed by atoms with E-state index in [1.54, 1.807) is 45.3 Å². The molecule has 1 saturated heterocycles. The number of epoxide rings is 1. The lowest BCUT2D eigenvalue weighted by Crippen LogP contribution is -2.61. The maximum Gasteiger partial charge on any atom is 0.332 e. The number of ether oxygens (including phenoxy) is 3. The molecule has 1 fully saturated rings. The quantitative estimate of drug-likeness (QED) is 0.182. The molecule has 5 N–H and O–H groups in total. The topological polar surface area (TPSA) is 173 Å². The Morgan fingerprint density at radius 1 is 1.06 bits per heavy atom. The fourth-order valence-corrected chi connectivity index (χ4v) is 6.93. The van der Waals surface area contributed by atoms with E-state index in [2.05, 4.69) is 10.6 Å². The highest BCUT2D eigenvalue weighted by atomic mass is 16.6. The summed E-state index contributed by atoms with van der Waals surface area (Å²) in [6.45, 7) is 12.2. The second kappa shape index (κ2) is 17.7. The molecule has 2 aliphatic rings. The SMILES string of the molecule is CC[C@H](C)[C@H]1C(=O)N[C@H](Cc2ccc(N)cc2)C(=O)N[C@@H](C(C)(C)O)C(=O)O[C@H](c2ccccc2)[C@H](C)/C=C\C=C(\C)[C@H](OC)C[C@@H]2O[C@@]2(C)C(=O)N1C. The van der Waals surface area contributed by atoms with Crippen molar-refractivity contribution >= 4 is 29.4 Å². The molecular formula is C42H58N4O8. The molecular weight excluding hydrogens is 688 g/mol. The Balaban J connectivity index is 1.81. The van der Waals surface area contributed by atoms with E-state index in [9.17, 15) is 24.3 Å². The number of methoxy groups -OCH3 is 1. The summed E-state index contributed by atoms with van der Waals surface area (Å²) in [6, 6.07) is 12.4. The molecule has 0 aliphatic carbocycles. The van der Waals surface area contributed by atoms with Crippen molar-refractivity contribution in [3.63, 3.8) is 0 Å². The molecule has 2 aromatic carbocycles. The number of esters is 1. The maximum atomic E-state index is 14.3. The van der Waals surface area contributed by atoms with Crippen molar-refractivity contribution in [3.8, 4) is 0 Å². The Kier molecular flexibility index (Phi) is 13.9.